The van der Waals surface area contributed by atoms with Crippen LogP contribution in [0.3, 0.4) is 0 Å². The predicted molar refractivity (Wildman–Crippen MR) is 150 cm³/mol. The molecule has 0 radical (unpaired) electrons. The summed E-state index contributed by atoms with van der Waals surface area (Å²) in [5.74, 6) is -2.53. The van der Waals surface area contributed by atoms with Gasteiger partial charge in [-0.05, 0) is 90.6 Å². The molecule has 6 rings (SSSR count). The van der Waals surface area contributed by atoms with Crippen LogP contribution in [0.2, 0.25) is 0 Å². The van der Waals surface area contributed by atoms with E-state index >= 15 is 0 Å². The summed E-state index contributed by atoms with van der Waals surface area (Å²) in [4.78, 5) is 46.5. The van der Waals surface area contributed by atoms with E-state index < -0.39 is 54.1 Å². The van der Waals surface area contributed by atoms with Gasteiger partial charge in [-0.25, -0.2) is 14.4 Å². The van der Waals surface area contributed by atoms with Crippen LogP contribution in [0.4, 0.5) is 0 Å². The van der Waals surface area contributed by atoms with Crippen molar-refractivity contribution in [1.82, 2.24) is 9.71 Å². The van der Waals surface area contributed by atoms with Crippen LogP contribution in [-0.2, 0) is 18.6 Å². The summed E-state index contributed by atoms with van der Waals surface area (Å²) in [6.45, 7) is 15.2. The fraction of sp³-hybridized carbons (Fsp3) is 0.444. The summed E-state index contributed by atoms with van der Waals surface area (Å²) in [7, 11) is -1.69. The number of benzene rings is 2. The molecule has 12 nitrogen and oxygen atoms in total. The summed E-state index contributed by atoms with van der Waals surface area (Å²) in [6.07, 6.45) is 0. The Kier molecular flexibility index (Phi) is 5.86. The largest absolute Gasteiger partial charge is 0.495 e. The van der Waals surface area contributed by atoms with Gasteiger partial charge in [-0.15, -0.1) is 0 Å². The van der Waals surface area contributed by atoms with E-state index in [9.17, 15) is 14.4 Å². The molecule has 0 amide bonds. The lowest BCUT2D eigenvalue weighted by Gasteiger charge is -2.32. The number of oxazole rings is 2. The third-order valence-electron chi connectivity index (χ3n) is 8.58. The Labute approximate surface area is 235 Å². The van der Waals surface area contributed by atoms with Gasteiger partial charge in [0.2, 0.25) is 0 Å². The van der Waals surface area contributed by atoms with Gasteiger partial charge < -0.3 is 32.3 Å². The van der Waals surface area contributed by atoms with Crippen LogP contribution in [0, 0.1) is 0 Å². The van der Waals surface area contributed by atoms with E-state index in [1.807, 2.05) is 55.4 Å². The molecular formula is C27H30B2N2O10. The molecule has 2 saturated heterocycles. The molecule has 41 heavy (non-hydrogen) atoms. The summed E-state index contributed by atoms with van der Waals surface area (Å²) in [5, 5.41) is 0. The van der Waals surface area contributed by atoms with Crippen molar-refractivity contribution in [2.75, 3.05) is 0 Å². The lowest BCUT2D eigenvalue weighted by atomic mass is 9.75. The van der Waals surface area contributed by atoms with E-state index in [1.165, 1.54) is 12.1 Å². The molecule has 0 spiro atoms. The topological polar surface area (TPSA) is 144 Å². The normalized spacial score (nSPS) is 20.8. The Morgan fingerprint density at radius 2 is 1.37 bits per heavy atom. The van der Waals surface area contributed by atoms with Gasteiger partial charge in [0.05, 0.1) is 33.5 Å². The Balaban J connectivity index is 1.39. The van der Waals surface area contributed by atoms with E-state index in [0.29, 0.717) is 11.0 Å². The maximum Gasteiger partial charge on any atom is 0.495 e. The van der Waals surface area contributed by atoms with Gasteiger partial charge in [-0.2, -0.15) is 0 Å². The zero-order chi connectivity index (χ0) is 29.7. The maximum absolute atomic E-state index is 13.7. The molecule has 0 atom stereocenters. The summed E-state index contributed by atoms with van der Waals surface area (Å²) >= 11 is 0. The van der Waals surface area contributed by atoms with Crippen LogP contribution in [0.1, 0.15) is 65.7 Å². The van der Waals surface area contributed by atoms with E-state index in [1.54, 1.807) is 18.2 Å². The number of nitrogens with one attached hydrogen (secondary N) is 1. The number of hydrogen-bond acceptors (Lipinski definition) is 10. The first-order valence-corrected chi connectivity index (χ1v) is 13.2. The third kappa shape index (κ3) is 4.37. The van der Waals surface area contributed by atoms with Crippen LogP contribution in [-0.4, -0.2) is 52.3 Å². The van der Waals surface area contributed by atoms with Crippen LogP contribution < -0.4 is 27.3 Å². The number of H-pyrrole nitrogens is 1. The fourth-order valence-corrected chi connectivity index (χ4v) is 4.71. The maximum atomic E-state index is 13.7. The van der Waals surface area contributed by atoms with E-state index in [4.69, 9.17) is 32.3 Å². The molecule has 0 aliphatic carbocycles. The SMILES string of the molecule is CC1(C)OB(c2ccc3oc(=O)n(OC(=O)c4cc5oc(=O)[nH]c5cc4B4OC(C)(C)C(C)(C)O4)c3c2)OC1(C)C. The first-order chi connectivity index (χ1) is 19.0. The molecule has 2 fully saturated rings. The molecule has 1 N–H and O–H groups in total. The lowest BCUT2D eigenvalue weighted by Crippen LogP contribution is -2.41. The lowest BCUT2D eigenvalue weighted by molar-refractivity contribution is 0.00578. The van der Waals surface area contributed by atoms with Crippen molar-refractivity contribution in [3.63, 3.8) is 0 Å². The number of carbonyl (C=O) groups excluding carboxylic acids is 1. The number of aromatic amines is 1. The minimum atomic E-state index is -0.974. The monoisotopic (exact) mass is 564 g/mol. The fourth-order valence-electron chi connectivity index (χ4n) is 4.71. The summed E-state index contributed by atoms with van der Waals surface area (Å²) < 4.78 is 35.9. The quantitative estimate of drug-likeness (QED) is 0.365. The molecule has 0 bridgehead atoms. The van der Waals surface area contributed by atoms with Crippen molar-refractivity contribution in [3.05, 3.63) is 57.0 Å². The van der Waals surface area contributed by atoms with Crippen LogP contribution in [0.5, 0.6) is 0 Å². The highest BCUT2D eigenvalue weighted by molar-refractivity contribution is 6.64. The number of fused-ring (bicyclic) bond motifs is 2. The van der Waals surface area contributed by atoms with E-state index in [-0.39, 0.29) is 27.7 Å². The Morgan fingerprint density at radius 1 is 0.780 bits per heavy atom. The van der Waals surface area contributed by atoms with Crippen LogP contribution in [0.25, 0.3) is 22.2 Å². The molecule has 2 aromatic carbocycles. The van der Waals surface area contributed by atoms with Crippen molar-refractivity contribution < 1.29 is 37.1 Å². The smallest absolute Gasteiger partial charge is 0.408 e. The van der Waals surface area contributed by atoms with Gasteiger partial charge in [-0.1, -0.05) is 10.8 Å². The minimum absolute atomic E-state index is 0.0258. The van der Waals surface area contributed by atoms with Crippen LogP contribution in [0.15, 0.2) is 48.8 Å². The van der Waals surface area contributed by atoms with Crippen molar-refractivity contribution in [2.45, 2.75) is 77.8 Å². The Hall–Kier alpha value is -3.58. The highest BCUT2D eigenvalue weighted by atomic mass is 16.7. The van der Waals surface area contributed by atoms with Crippen molar-refractivity contribution in [3.8, 4) is 0 Å². The standard InChI is InChI=1S/C27H30B2N2O10/c1-24(2)25(3,4)39-28(38-24)14-9-10-19-18(11-14)31(23(34)36-19)37-21(32)15-12-20-17(30-22(33)35-20)13-16(15)29-40-26(5,6)27(7,8)41-29/h9-13H,1-8H3,(H,30,33). The Bertz CT molecular complexity index is 1790. The summed E-state index contributed by atoms with van der Waals surface area (Å²) in [6, 6.07) is 7.79. The molecule has 0 saturated carbocycles. The third-order valence-corrected chi connectivity index (χ3v) is 8.58. The summed E-state index contributed by atoms with van der Waals surface area (Å²) in [5.41, 5.74) is -0.851. The van der Waals surface area contributed by atoms with E-state index in [0.717, 1.165) is 4.73 Å². The number of nitrogens with zero attached hydrogens (tertiary/aromatic N) is 1. The van der Waals surface area contributed by atoms with Gasteiger partial charge in [0, 0.05) is 0 Å². The minimum Gasteiger partial charge on any atom is -0.408 e. The second kappa shape index (κ2) is 8.71. The molecular weight excluding hydrogens is 534 g/mol. The highest BCUT2D eigenvalue weighted by Gasteiger charge is 2.53. The molecule has 2 aliphatic heterocycles. The number of hydrogen-bond donors (Lipinski definition) is 1. The van der Waals surface area contributed by atoms with Gasteiger partial charge in [0.25, 0.3) is 0 Å². The number of carbonyl (C=O) groups is 1. The molecule has 214 valence electrons. The van der Waals surface area contributed by atoms with Crippen molar-refractivity contribution in [1.29, 1.82) is 0 Å². The van der Waals surface area contributed by atoms with Crippen LogP contribution >= 0.6 is 0 Å². The molecule has 4 aromatic rings. The highest BCUT2D eigenvalue weighted by Crippen LogP contribution is 2.38. The first kappa shape index (κ1) is 27.6. The zero-order valence-electron chi connectivity index (χ0n) is 24.1. The van der Waals surface area contributed by atoms with Gasteiger partial charge in [0.1, 0.15) is 5.52 Å². The second-order valence-electron chi connectivity index (χ2n) is 12.4. The molecule has 14 heteroatoms. The predicted octanol–water partition coefficient (Wildman–Crippen LogP) is 1.90. The first-order valence-electron chi connectivity index (χ1n) is 13.2. The van der Waals surface area contributed by atoms with E-state index in [2.05, 4.69) is 4.98 Å². The average Bonchev–Trinajstić information content (AvgIpc) is 3.51. The second-order valence-corrected chi connectivity index (χ2v) is 12.4. The number of rotatable bonds is 4. The molecule has 4 heterocycles. The van der Waals surface area contributed by atoms with Gasteiger partial charge >= 0.3 is 31.7 Å². The average molecular weight is 564 g/mol. The van der Waals surface area contributed by atoms with Crippen molar-refractivity contribution in [2.24, 2.45) is 0 Å². The molecule has 2 aromatic heterocycles. The Morgan fingerprint density at radius 3 is 1.98 bits per heavy atom. The van der Waals surface area contributed by atoms with Gasteiger partial charge in [-0.3, -0.25) is 4.98 Å². The zero-order valence-corrected chi connectivity index (χ0v) is 24.1. The number of aromatic nitrogens is 2. The molecule has 0 unspecified atom stereocenters. The van der Waals surface area contributed by atoms with Crippen molar-refractivity contribution >= 4 is 53.3 Å². The van der Waals surface area contributed by atoms with Gasteiger partial charge in [0.15, 0.2) is 11.2 Å². The molecule has 2 aliphatic rings.